The average Bonchev–Trinajstić information content (AvgIpc) is 3.02. The number of anilines is 1. The van der Waals surface area contributed by atoms with Crippen LogP contribution in [0.4, 0.5) is 10.1 Å². The van der Waals surface area contributed by atoms with Gasteiger partial charge >= 0.3 is 0 Å². The number of aromatic nitrogens is 1. The van der Waals surface area contributed by atoms with Crippen molar-refractivity contribution in [3.63, 3.8) is 0 Å². The maximum absolute atomic E-state index is 13.0. The highest BCUT2D eigenvalue weighted by molar-refractivity contribution is 6.13. The van der Waals surface area contributed by atoms with Crippen LogP contribution >= 0.6 is 0 Å². The van der Waals surface area contributed by atoms with Crippen molar-refractivity contribution in [3.8, 4) is 0 Å². The first-order chi connectivity index (χ1) is 11.2. The molecule has 0 radical (unpaired) electrons. The van der Waals surface area contributed by atoms with E-state index in [0.29, 0.717) is 11.3 Å². The number of carbonyl (C=O) groups is 1. The van der Waals surface area contributed by atoms with Gasteiger partial charge in [-0.15, -0.1) is 0 Å². The Morgan fingerprint density at radius 2 is 1.83 bits per heavy atom. The van der Waals surface area contributed by atoms with Crippen molar-refractivity contribution in [3.05, 3.63) is 71.2 Å². The zero-order valence-corrected chi connectivity index (χ0v) is 12.5. The average molecular weight is 306 g/mol. The number of nitrogens with one attached hydrogen (secondary N) is 1. The number of para-hydroxylation sites is 1. The SMILES string of the molecule is O=C(Nc1ccc(F)cc1)c1c2c(nc3ccccc13)CCC2. The summed E-state index contributed by atoms with van der Waals surface area (Å²) in [6, 6.07) is 13.5. The van der Waals surface area contributed by atoms with Gasteiger partial charge in [-0.1, -0.05) is 18.2 Å². The minimum Gasteiger partial charge on any atom is -0.322 e. The van der Waals surface area contributed by atoms with Gasteiger partial charge in [-0.05, 0) is 55.2 Å². The first-order valence-electron chi connectivity index (χ1n) is 7.70. The predicted octanol–water partition coefficient (Wildman–Crippen LogP) is 4.11. The lowest BCUT2D eigenvalue weighted by molar-refractivity contribution is 0.102. The van der Waals surface area contributed by atoms with Crippen molar-refractivity contribution in [2.24, 2.45) is 0 Å². The fourth-order valence-electron chi connectivity index (χ4n) is 3.20. The Balaban J connectivity index is 1.81. The Hall–Kier alpha value is -2.75. The van der Waals surface area contributed by atoms with Crippen LogP contribution in [0.2, 0.25) is 0 Å². The molecule has 0 spiro atoms. The molecule has 0 atom stereocenters. The quantitative estimate of drug-likeness (QED) is 0.774. The fraction of sp³-hybridized carbons (Fsp3) is 0.158. The number of fused-ring (bicyclic) bond motifs is 2. The Kier molecular flexibility index (Phi) is 3.30. The van der Waals surface area contributed by atoms with E-state index >= 15 is 0 Å². The van der Waals surface area contributed by atoms with Crippen molar-refractivity contribution in [2.45, 2.75) is 19.3 Å². The Labute approximate surface area is 133 Å². The van der Waals surface area contributed by atoms with Crippen LogP contribution in [-0.2, 0) is 12.8 Å². The Bertz CT molecular complexity index is 903. The van der Waals surface area contributed by atoms with E-state index in [1.54, 1.807) is 12.1 Å². The normalized spacial score (nSPS) is 13.1. The molecule has 1 aliphatic rings. The van der Waals surface area contributed by atoms with Crippen LogP contribution in [0.15, 0.2) is 48.5 Å². The number of aryl methyl sites for hydroxylation is 1. The summed E-state index contributed by atoms with van der Waals surface area (Å²) in [6.07, 6.45) is 2.81. The second-order valence-electron chi connectivity index (χ2n) is 5.74. The van der Waals surface area contributed by atoms with Crippen molar-refractivity contribution in [1.82, 2.24) is 4.98 Å². The number of hydrogen-bond acceptors (Lipinski definition) is 2. The number of nitrogens with zero attached hydrogens (tertiary/aromatic N) is 1. The molecule has 2 aromatic carbocycles. The minimum atomic E-state index is -0.321. The third-order valence-corrected chi connectivity index (χ3v) is 4.25. The van der Waals surface area contributed by atoms with Crippen LogP contribution in [0.3, 0.4) is 0 Å². The molecule has 0 unspecified atom stereocenters. The molecule has 1 N–H and O–H groups in total. The lowest BCUT2D eigenvalue weighted by atomic mass is 10.0. The number of carbonyl (C=O) groups excluding carboxylic acids is 1. The number of pyridine rings is 1. The first-order valence-corrected chi connectivity index (χ1v) is 7.70. The van der Waals surface area contributed by atoms with E-state index in [9.17, 15) is 9.18 Å². The summed E-state index contributed by atoms with van der Waals surface area (Å²) >= 11 is 0. The third-order valence-electron chi connectivity index (χ3n) is 4.25. The summed E-state index contributed by atoms with van der Waals surface area (Å²) in [5.74, 6) is -0.480. The summed E-state index contributed by atoms with van der Waals surface area (Å²) in [6.45, 7) is 0. The number of rotatable bonds is 2. The zero-order valence-electron chi connectivity index (χ0n) is 12.5. The molecule has 3 nitrogen and oxygen atoms in total. The predicted molar refractivity (Wildman–Crippen MR) is 88.1 cm³/mol. The maximum Gasteiger partial charge on any atom is 0.256 e. The van der Waals surface area contributed by atoms with Gasteiger partial charge in [0.05, 0.1) is 11.1 Å². The first kappa shape index (κ1) is 13.9. The van der Waals surface area contributed by atoms with Gasteiger partial charge in [0.25, 0.3) is 5.91 Å². The summed E-state index contributed by atoms with van der Waals surface area (Å²) < 4.78 is 13.0. The molecule has 1 heterocycles. The topological polar surface area (TPSA) is 42.0 Å². The van der Waals surface area contributed by atoms with Gasteiger partial charge in [0.1, 0.15) is 5.82 Å². The van der Waals surface area contributed by atoms with Crippen molar-refractivity contribution in [2.75, 3.05) is 5.32 Å². The lowest BCUT2D eigenvalue weighted by Crippen LogP contribution is -2.15. The van der Waals surface area contributed by atoms with Crippen LogP contribution in [0.25, 0.3) is 10.9 Å². The van der Waals surface area contributed by atoms with Gasteiger partial charge in [-0.25, -0.2) is 4.39 Å². The van der Waals surface area contributed by atoms with Gasteiger partial charge in [-0.2, -0.15) is 0 Å². The van der Waals surface area contributed by atoms with E-state index in [1.807, 2.05) is 24.3 Å². The molecule has 4 heteroatoms. The highest BCUT2D eigenvalue weighted by Gasteiger charge is 2.23. The summed E-state index contributed by atoms with van der Waals surface area (Å²) in [4.78, 5) is 17.5. The fourth-order valence-corrected chi connectivity index (χ4v) is 3.20. The third kappa shape index (κ3) is 2.46. The lowest BCUT2D eigenvalue weighted by Gasteiger charge is -2.12. The Morgan fingerprint density at radius 3 is 2.65 bits per heavy atom. The standard InChI is InChI=1S/C19H15FN2O/c20-12-8-10-13(11-9-12)21-19(23)18-14-4-1-2-6-16(14)22-17-7-3-5-15(17)18/h1-2,4,6,8-11H,3,5,7H2,(H,21,23). The van der Waals surface area contributed by atoms with Crippen LogP contribution in [-0.4, -0.2) is 10.9 Å². The second-order valence-corrected chi connectivity index (χ2v) is 5.74. The maximum atomic E-state index is 13.0. The molecule has 0 saturated carbocycles. The van der Waals surface area contributed by atoms with Crippen LogP contribution in [0.1, 0.15) is 28.0 Å². The number of amides is 1. The van der Waals surface area contributed by atoms with Gasteiger partial charge in [0, 0.05) is 16.8 Å². The highest BCUT2D eigenvalue weighted by Crippen LogP contribution is 2.30. The summed E-state index contributed by atoms with van der Waals surface area (Å²) in [7, 11) is 0. The zero-order chi connectivity index (χ0) is 15.8. The van der Waals surface area contributed by atoms with Gasteiger partial charge < -0.3 is 5.32 Å². The van der Waals surface area contributed by atoms with Gasteiger partial charge in [0.15, 0.2) is 0 Å². The van der Waals surface area contributed by atoms with Crippen molar-refractivity contribution in [1.29, 1.82) is 0 Å². The smallest absolute Gasteiger partial charge is 0.256 e. The van der Waals surface area contributed by atoms with Crippen LogP contribution in [0, 0.1) is 5.82 Å². The molecule has 0 aliphatic heterocycles. The van der Waals surface area contributed by atoms with Crippen molar-refractivity contribution >= 4 is 22.5 Å². The van der Waals surface area contributed by atoms with E-state index in [2.05, 4.69) is 10.3 Å². The van der Waals surface area contributed by atoms with Crippen LogP contribution < -0.4 is 5.32 Å². The minimum absolute atomic E-state index is 0.159. The second kappa shape index (κ2) is 5.47. The molecule has 4 rings (SSSR count). The molecular formula is C19H15FN2O. The molecule has 0 saturated heterocycles. The number of hydrogen-bond donors (Lipinski definition) is 1. The van der Waals surface area contributed by atoms with E-state index in [0.717, 1.165) is 41.4 Å². The molecule has 0 bridgehead atoms. The van der Waals surface area contributed by atoms with Gasteiger partial charge in [0.2, 0.25) is 0 Å². The van der Waals surface area contributed by atoms with E-state index in [4.69, 9.17) is 0 Å². The number of benzene rings is 2. The molecule has 1 aromatic heterocycles. The molecule has 3 aromatic rings. The van der Waals surface area contributed by atoms with E-state index in [1.165, 1.54) is 12.1 Å². The molecule has 1 amide bonds. The van der Waals surface area contributed by atoms with Crippen LogP contribution in [0.5, 0.6) is 0 Å². The molecule has 0 fully saturated rings. The molecule has 1 aliphatic carbocycles. The van der Waals surface area contributed by atoms with E-state index in [-0.39, 0.29) is 11.7 Å². The molecular weight excluding hydrogens is 291 g/mol. The van der Waals surface area contributed by atoms with Crippen molar-refractivity contribution < 1.29 is 9.18 Å². The molecule has 23 heavy (non-hydrogen) atoms. The van der Waals surface area contributed by atoms with Gasteiger partial charge in [-0.3, -0.25) is 9.78 Å². The number of halogens is 1. The monoisotopic (exact) mass is 306 g/mol. The van der Waals surface area contributed by atoms with E-state index < -0.39 is 0 Å². The largest absolute Gasteiger partial charge is 0.322 e. The highest BCUT2D eigenvalue weighted by atomic mass is 19.1. The summed E-state index contributed by atoms with van der Waals surface area (Å²) in [5, 5.41) is 3.74. The Morgan fingerprint density at radius 1 is 1.04 bits per heavy atom. The molecule has 114 valence electrons. The summed E-state index contributed by atoms with van der Waals surface area (Å²) in [5.41, 5.74) is 4.20.